The molecule has 2 atom stereocenters. The third-order valence-electron chi connectivity index (χ3n) is 7.70. The third kappa shape index (κ3) is 6.25. The third-order valence-corrected chi connectivity index (χ3v) is 13.3. The number of alkyl halides is 3. The van der Waals surface area contributed by atoms with Gasteiger partial charge in [-0.3, -0.25) is 4.98 Å². The van der Waals surface area contributed by atoms with Crippen LogP contribution < -0.4 is 0 Å². The predicted molar refractivity (Wildman–Crippen MR) is 150 cm³/mol. The van der Waals surface area contributed by atoms with Crippen LogP contribution in [0.2, 0.25) is 18.1 Å². The largest absolute Gasteiger partial charge is 0.419 e. The second-order valence-corrected chi connectivity index (χ2v) is 18.6. The van der Waals surface area contributed by atoms with E-state index in [1.165, 1.54) is 0 Å². The van der Waals surface area contributed by atoms with Gasteiger partial charge in [0.15, 0.2) is 8.32 Å². The zero-order chi connectivity index (χ0) is 28.3. The van der Waals surface area contributed by atoms with Gasteiger partial charge in [0.1, 0.15) is 11.9 Å². The SMILES string of the molecule is CC(C)c1nc2c(c(I)c1[C@H](O)c1ccc(C(F)(F)F)c(F)c1)[C@@H](O[Si](C)(C)C(C)(C)C)CC(C)(C)C2. The number of aliphatic hydroxyl groups is 1. The van der Waals surface area contributed by atoms with Crippen LogP contribution >= 0.6 is 22.6 Å². The summed E-state index contributed by atoms with van der Waals surface area (Å²) < 4.78 is 61.5. The second-order valence-electron chi connectivity index (χ2n) is 12.8. The van der Waals surface area contributed by atoms with Crippen molar-refractivity contribution in [1.82, 2.24) is 4.98 Å². The van der Waals surface area contributed by atoms with Crippen molar-refractivity contribution in [2.24, 2.45) is 5.41 Å². The van der Waals surface area contributed by atoms with Gasteiger partial charge in [0.05, 0.1) is 17.4 Å². The first-order chi connectivity index (χ1) is 16.7. The fourth-order valence-corrected chi connectivity index (χ4v) is 7.17. The van der Waals surface area contributed by atoms with Gasteiger partial charge >= 0.3 is 6.18 Å². The van der Waals surface area contributed by atoms with Crippen LogP contribution in [0.4, 0.5) is 17.6 Å². The summed E-state index contributed by atoms with van der Waals surface area (Å²) in [5, 5.41) is 11.4. The van der Waals surface area contributed by atoms with Gasteiger partial charge in [-0.05, 0) is 82.6 Å². The quantitative estimate of drug-likeness (QED) is 0.199. The number of aromatic nitrogens is 1. The van der Waals surface area contributed by atoms with E-state index in [0.29, 0.717) is 17.3 Å². The lowest BCUT2D eigenvalue weighted by atomic mass is 9.74. The number of benzene rings is 1. The van der Waals surface area contributed by atoms with Crippen LogP contribution in [0.1, 0.15) is 107 Å². The first-order valence-electron chi connectivity index (χ1n) is 12.6. The van der Waals surface area contributed by atoms with E-state index in [4.69, 9.17) is 9.41 Å². The van der Waals surface area contributed by atoms with Crippen molar-refractivity contribution >= 4 is 30.9 Å². The minimum atomic E-state index is -4.81. The Morgan fingerprint density at radius 1 is 1.16 bits per heavy atom. The number of nitrogens with zero attached hydrogens (tertiary/aromatic N) is 1. The highest BCUT2D eigenvalue weighted by atomic mass is 127. The van der Waals surface area contributed by atoms with Gasteiger partial charge in [0.2, 0.25) is 0 Å². The number of fused-ring (bicyclic) bond motifs is 1. The molecule has 0 radical (unpaired) electrons. The summed E-state index contributed by atoms with van der Waals surface area (Å²) in [7, 11) is -2.17. The summed E-state index contributed by atoms with van der Waals surface area (Å²) in [6, 6.07) is 2.61. The van der Waals surface area contributed by atoms with Gasteiger partial charge in [-0.2, -0.15) is 13.2 Å². The first kappa shape index (κ1) is 30.5. The number of hydrogen-bond donors (Lipinski definition) is 1. The van der Waals surface area contributed by atoms with Gasteiger partial charge in [-0.25, -0.2) is 4.39 Å². The van der Waals surface area contributed by atoms with E-state index in [0.717, 1.165) is 39.8 Å². The number of pyridine rings is 1. The predicted octanol–water partition coefficient (Wildman–Crippen LogP) is 9.08. The lowest BCUT2D eigenvalue weighted by molar-refractivity contribution is -0.140. The number of aliphatic hydroxyl groups excluding tert-OH is 1. The summed E-state index contributed by atoms with van der Waals surface area (Å²) in [6.07, 6.45) is -4.83. The van der Waals surface area contributed by atoms with Crippen molar-refractivity contribution in [3.8, 4) is 0 Å². The molecular formula is C28H38F4INO2Si. The van der Waals surface area contributed by atoms with Gasteiger partial charge in [0.25, 0.3) is 0 Å². The van der Waals surface area contributed by atoms with Crippen molar-refractivity contribution in [2.75, 3.05) is 0 Å². The van der Waals surface area contributed by atoms with Crippen LogP contribution in [0.5, 0.6) is 0 Å². The fraction of sp³-hybridized carbons (Fsp3) is 0.607. The number of hydrogen-bond acceptors (Lipinski definition) is 3. The Balaban J connectivity index is 2.21. The molecule has 0 saturated carbocycles. The van der Waals surface area contributed by atoms with E-state index in [2.05, 4.69) is 70.3 Å². The van der Waals surface area contributed by atoms with E-state index in [-0.39, 0.29) is 28.0 Å². The summed E-state index contributed by atoms with van der Waals surface area (Å²) in [5.41, 5.74) is 1.72. The molecule has 0 amide bonds. The molecule has 0 saturated heterocycles. The fourth-order valence-electron chi connectivity index (χ4n) is 4.67. The monoisotopic (exact) mass is 651 g/mol. The van der Waals surface area contributed by atoms with Gasteiger partial charge in [-0.1, -0.05) is 54.5 Å². The number of rotatable bonds is 5. The molecule has 0 spiro atoms. The molecule has 2 aromatic rings. The van der Waals surface area contributed by atoms with Crippen molar-refractivity contribution < 1.29 is 27.1 Å². The summed E-state index contributed by atoms with van der Waals surface area (Å²) >= 11 is 2.21. The van der Waals surface area contributed by atoms with Crippen LogP contribution in [0.15, 0.2) is 18.2 Å². The molecule has 1 aromatic heterocycles. The molecule has 0 fully saturated rings. The Bertz CT molecular complexity index is 1170. The smallest absolute Gasteiger partial charge is 0.410 e. The molecule has 0 bridgehead atoms. The maximum absolute atomic E-state index is 14.4. The Kier molecular flexibility index (Phi) is 8.38. The van der Waals surface area contributed by atoms with Crippen LogP contribution in [0, 0.1) is 14.8 Å². The molecule has 1 aliphatic rings. The molecule has 3 rings (SSSR count). The Morgan fingerprint density at radius 3 is 2.24 bits per heavy atom. The highest BCUT2D eigenvalue weighted by Gasteiger charge is 2.44. The average Bonchev–Trinajstić information content (AvgIpc) is 2.69. The minimum Gasteiger partial charge on any atom is -0.410 e. The maximum Gasteiger partial charge on any atom is 0.419 e. The van der Waals surface area contributed by atoms with Crippen molar-refractivity contribution in [3.63, 3.8) is 0 Å². The average molecular weight is 652 g/mol. The topological polar surface area (TPSA) is 42.4 Å². The van der Waals surface area contributed by atoms with Crippen molar-refractivity contribution in [2.45, 2.75) is 104 Å². The Morgan fingerprint density at radius 2 is 1.76 bits per heavy atom. The molecule has 37 heavy (non-hydrogen) atoms. The van der Waals surface area contributed by atoms with Gasteiger partial charge in [0, 0.05) is 20.4 Å². The molecular weight excluding hydrogens is 613 g/mol. The second kappa shape index (κ2) is 10.2. The molecule has 0 unspecified atom stereocenters. The minimum absolute atomic E-state index is 0.00834. The Labute approximate surface area is 232 Å². The van der Waals surface area contributed by atoms with Crippen LogP contribution in [-0.4, -0.2) is 18.4 Å². The number of halogens is 5. The highest BCUT2D eigenvalue weighted by Crippen LogP contribution is 2.50. The summed E-state index contributed by atoms with van der Waals surface area (Å²) in [6.45, 7) is 19.3. The van der Waals surface area contributed by atoms with Crippen LogP contribution in [-0.2, 0) is 17.0 Å². The first-order valence-corrected chi connectivity index (χ1v) is 16.6. The lowest BCUT2D eigenvalue weighted by Crippen LogP contribution is -2.44. The highest BCUT2D eigenvalue weighted by molar-refractivity contribution is 14.1. The zero-order valence-corrected chi connectivity index (χ0v) is 26.2. The van der Waals surface area contributed by atoms with E-state index in [1.807, 2.05) is 13.8 Å². The Hall–Kier alpha value is -1.04. The van der Waals surface area contributed by atoms with E-state index >= 15 is 0 Å². The molecule has 1 N–H and O–H groups in total. The molecule has 1 aromatic carbocycles. The molecule has 0 aliphatic heterocycles. The zero-order valence-electron chi connectivity index (χ0n) is 23.1. The maximum atomic E-state index is 14.4. The normalized spacial score (nSPS) is 19.2. The van der Waals surface area contributed by atoms with Crippen LogP contribution in [0.3, 0.4) is 0 Å². The van der Waals surface area contributed by atoms with Gasteiger partial charge < -0.3 is 9.53 Å². The van der Waals surface area contributed by atoms with E-state index in [9.17, 15) is 22.7 Å². The molecule has 1 heterocycles. The van der Waals surface area contributed by atoms with Crippen molar-refractivity contribution in [3.05, 3.63) is 61.2 Å². The van der Waals surface area contributed by atoms with Crippen molar-refractivity contribution in [1.29, 1.82) is 0 Å². The molecule has 1 aliphatic carbocycles. The van der Waals surface area contributed by atoms with E-state index < -0.39 is 32.0 Å². The molecule has 9 heteroatoms. The van der Waals surface area contributed by atoms with Crippen LogP contribution in [0.25, 0.3) is 0 Å². The molecule has 3 nitrogen and oxygen atoms in total. The summed E-state index contributed by atoms with van der Waals surface area (Å²) in [4.78, 5) is 5.03. The van der Waals surface area contributed by atoms with Gasteiger partial charge in [-0.15, -0.1) is 0 Å². The standard InChI is InChI=1S/C28H38F4INO2Si/c1-15(2)24-22(25(35)16-10-11-17(18(29)12-16)28(30,31)32)23(33)21-19(34-24)13-27(6,7)14-20(21)36-37(8,9)26(3,4)5/h10-12,15,20,25,35H,13-14H2,1-9H3/t20-,25+/m0/s1. The summed E-state index contributed by atoms with van der Waals surface area (Å²) in [5.74, 6) is -1.47. The van der Waals surface area contributed by atoms with E-state index in [1.54, 1.807) is 0 Å². The molecule has 206 valence electrons. The lowest BCUT2D eigenvalue weighted by Gasteiger charge is -2.44.